The Labute approximate surface area is 222 Å². The van der Waals surface area contributed by atoms with Crippen LogP contribution in [0.3, 0.4) is 0 Å². The highest BCUT2D eigenvalue weighted by Gasteiger charge is 2.47. The minimum absolute atomic E-state index is 0.0504. The fourth-order valence-electron chi connectivity index (χ4n) is 5.98. The van der Waals surface area contributed by atoms with Crippen LogP contribution in [-0.4, -0.2) is 55.6 Å². The molecule has 0 radical (unpaired) electrons. The molecule has 6 rings (SSSR count). The summed E-state index contributed by atoms with van der Waals surface area (Å²) in [7, 11) is 0. The number of carbonyl (C=O) groups is 3. The van der Waals surface area contributed by atoms with Crippen molar-refractivity contribution in [2.24, 2.45) is 11.8 Å². The fourth-order valence-corrected chi connectivity index (χ4v) is 7.06. The Hall–Kier alpha value is -3.34. The van der Waals surface area contributed by atoms with Crippen molar-refractivity contribution < 1.29 is 23.2 Å². The quantitative estimate of drug-likeness (QED) is 0.503. The van der Waals surface area contributed by atoms with E-state index < -0.39 is 17.6 Å². The predicted molar refractivity (Wildman–Crippen MR) is 138 cm³/mol. The summed E-state index contributed by atoms with van der Waals surface area (Å²) in [4.78, 5) is 50.2. The number of nitrogens with one attached hydrogen (secondary N) is 1. The van der Waals surface area contributed by atoms with Crippen molar-refractivity contribution in [3.63, 3.8) is 0 Å². The van der Waals surface area contributed by atoms with Crippen LogP contribution in [0.5, 0.6) is 0 Å². The molecule has 5 heterocycles. The molecule has 1 aliphatic carbocycles. The van der Waals surface area contributed by atoms with Crippen LogP contribution in [-0.2, 0) is 4.79 Å². The summed E-state index contributed by atoms with van der Waals surface area (Å²) >= 11 is 1.84. The molecular formula is C27H27F2N5O3S. The Morgan fingerprint density at radius 2 is 1.76 bits per heavy atom. The van der Waals surface area contributed by atoms with Crippen LogP contribution in [0.1, 0.15) is 59.4 Å². The summed E-state index contributed by atoms with van der Waals surface area (Å²) in [5.74, 6) is -0.887. The monoisotopic (exact) mass is 539 g/mol. The van der Waals surface area contributed by atoms with Gasteiger partial charge in [0, 0.05) is 24.5 Å². The minimum atomic E-state index is -0.870. The van der Waals surface area contributed by atoms with E-state index in [1.165, 1.54) is 35.0 Å². The maximum atomic E-state index is 14.1. The number of ketones is 1. The Balaban J connectivity index is 1.16. The molecule has 2 aliphatic heterocycles. The van der Waals surface area contributed by atoms with E-state index in [2.05, 4.69) is 15.3 Å². The van der Waals surface area contributed by atoms with E-state index in [0.29, 0.717) is 31.3 Å². The molecular weight excluding hydrogens is 512 g/mol. The van der Waals surface area contributed by atoms with E-state index in [9.17, 15) is 23.2 Å². The number of carbonyl (C=O) groups excluding carboxylic acids is 3. The van der Waals surface area contributed by atoms with Gasteiger partial charge in [-0.15, -0.1) is 0 Å². The molecule has 3 aromatic rings. The number of aromatic nitrogens is 3. The zero-order chi connectivity index (χ0) is 26.4. The van der Waals surface area contributed by atoms with Gasteiger partial charge in [-0.2, -0.15) is 11.8 Å². The third kappa shape index (κ3) is 4.57. The SMILES string of the molecule is O=C(NC1CCC(C2C(=O)c3cc(F)cnc3N(C3CCSCC3)C2=O)CC1)c1cn2cc(F)ccc2n1. The Morgan fingerprint density at radius 3 is 2.53 bits per heavy atom. The van der Waals surface area contributed by atoms with Crippen molar-refractivity contribution in [1.29, 1.82) is 0 Å². The maximum absolute atomic E-state index is 14.1. The Morgan fingerprint density at radius 1 is 1.00 bits per heavy atom. The molecule has 1 unspecified atom stereocenters. The molecule has 1 saturated heterocycles. The highest BCUT2D eigenvalue weighted by Crippen LogP contribution is 2.41. The second-order valence-electron chi connectivity index (χ2n) is 10.2. The molecule has 1 atom stereocenters. The van der Waals surface area contributed by atoms with Crippen molar-refractivity contribution in [3.8, 4) is 0 Å². The van der Waals surface area contributed by atoms with Crippen LogP contribution in [0.2, 0.25) is 0 Å². The number of fused-ring (bicyclic) bond motifs is 2. The van der Waals surface area contributed by atoms with E-state index in [4.69, 9.17) is 0 Å². The van der Waals surface area contributed by atoms with Gasteiger partial charge in [0.2, 0.25) is 5.91 Å². The van der Waals surface area contributed by atoms with Crippen molar-refractivity contribution in [2.45, 2.75) is 50.6 Å². The first-order chi connectivity index (χ1) is 18.4. The molecule has 8 nitrogen and oxygen atoms in total. The third-order valence-corrected chi connectivity index (χ3v) is 8.94. The molecule has 2 amide bonds. The standard InChI is InChI=1S/C27H27F2N5O3S/c28-16-3-6-22-32-21(14-33(22)13-16)26(36)31-18-4-1-15(2-5-18)23-24(35)20-11-17(29)12-30-25(20)34(27(23)37)19-7-9-38-10-8-19/h3,6,11-15,18-19,23H,1-2,4-5,7-10H2,(H,31,36). The van der Waals surface area contributed by atoms with E-state index in [-0.39, 0.29) is 52.7 Å². The van der Waals surface area contributed by atoms with Crippen molar-refractivity contribution in [2.75, 3.05) is 16.4 Å². The summed E-state index contributed by atoms with van der Waals surface area (Å²) in [6.07, 6.45) is 7.80. The van der Waals surface area contributed by atoms with Crippen molar-refractivity contribution in [3.05, 3.63) is 59.7 Å². The first kappa shape index (κ1) is 25.0. The Kier molecular flexibility index (Phi) is 6.63. The zero-order valence-corrected chi connectivity index (χ0v) is 21.4. The lowest BCUT2D eigenvalue weighted by Crippen LogP contribution is -2.54. The summed E-state index contributed by atoms with van der Waals surface area (Å²) in [6, 6.07) is 3.82. The largest absolute Gasteiger partial charge is 0.348 e. The highest BCUT2D eigenvalue weighted by atomic mass is 32.2. The fraction of sp³-hybridized carbons (Fsp3) is 0.444. The lowest BCUT2D eigenvalue weighted by molar-refractivity contribution is -0.123. The van der Waals surface area contributed by atoms with E-state index in [1.54, 1.807) is 4.90 Å². The number of hydrogen-bond donors (Lipinski definition) is 1. The van der Waals surface area contributed by atoms with Crippen LogP contribution in [0.4, 0.5) is 14.6 Å². The summed E-state index contributed by atoms with van der Waals surface area (Å²) in [5, 5.41) is 2.99. The molecule has 11 heteroatoms. The summed E-state index contributed by atoms with van der Waals surface area (Å²) in [5.41, 5.74) is 0.858. The van der Waals surface area contributed by atoms with Crippen LogP contribution in [0.25, 0.3) is 5.65 Å². The molecule has 3 aromatic heterocycles. The number of thioether (sulfide) groups is 1. The number of rotatable bonds is 4. The van der Waals surface area contributed by atoms with Crippen LogP contribution in [0.15, 0.2) is 36.8 Å². The number of anilines is 1. The number of Topliss-reactive ketones (excluding diaryl/α,β-unsaturated/α-hetero) is 1. The number of halogens is 2. The minimum Gasteiger partial charge on any atom is -0.348 e. The normalized spacial score (nSPS) is 24.5. The van der Waals surface area contributed by atoms with Crippen LogP contribution < -0.4 is 10.2 Å². The van der Waals surface area contributed by atoms with Gasteiger partial charge in [0.25, 0.3) is 5.91 Å². The topological polar surface area (TPSA) is 96.7 Å². The third-order valence-electron chi connectivity index (χ3n) is 7.89. The van der Waals surface area contributed by atoms with E-state index in [1.807, 2.05) is 11.8 Å². The van der Waals surface area contributed by atoms with Gasteiger partial charge in [-0.3, -0.25) is 19.3 Å². The van der Waals surface area contributed by atoms with Crippen LogP contribution in [0, 0.1) is 23.5 Å². The molecule has 0 spiro atoms. The first-order valence-corrected chi connectivity index (χ1v) is 14.1. The van der Waals surface area contributed by atoms with Crippen molar-refractivity contribution >= 4 is 40.8 Å². The lowest BCUT2D eigenvalue weighted by atomic mass is 9.73. The zero-order valence-electron chi connectivity index (χ0n) is 20.6. The van der Waals surface area contributed by atoms with Gasteiger partial charge in [-0.05, 0) is 74.1 Å². The second kappa shape index (κ2) is 10.1. The van der Waals surface area contributed by atoms with Gasteiger partial charge in [0.1, 0.15) is 34.7 Å². The summed E-state index contributed by atoms with van der Waals surface area (Å²) in [6.45, 7) is 0. The van der Waals surface area contributed by atoms with Crippen LogP contribution >= 0.6 is 11.8 Å². The average molecular weight is 540 g/mol. The Bertz CT molecular complexity index is 1410. The van der Waals surface area contributed by atoms with E-state index in [0.717, 1.165) is 30.5 Å². The first-order valence-electron chi connectivity index (χ1n) is 12.9. The average Bonchev–Trinajstić information content (AvgIpc) is 3.34. The van der Waals surface area contributed by atoms with Gasteiger partial charge in [-0.25, -0.2) is 18.7 Å². The van der Waals surface area contributed by atoms with Gasteiger partial charge >= 0.3 is 0 Å². The molecule has 38 heavy (non-hydrogen) atoms. The molecule has 1 N–H and O–H groups in total. The van der Waals surface area contributed by atoms with Gasteiger partial charge in [0.15, 0.2) is 5.78 Å². The number of imidazole rings is 1. The summed E-state index contributed by atoms with van der Waals surface area (Å²) < 4.78 is 29.1. The van der Waals surface area contributed by atoms with Gasteiger partial charge < -0.3 is 9.72 Å². The highest BCUT2D eigenvalue weighted by molar-refractivity contribution is 7.99. The molecule has 3 aliphatic rings. The number of pyridine rings is 2. The van der Waals surface area contributed by atoms with E-state index >= 15 is 0 Å². The molecule has 0 aromatic carbocycles. The smallest absolute Gasteiger partial charge is 0.271 e. The molecule has 1 saturated carbocycles. The number of nitrogens with zero attached hydrogens (tertiary/aromatic N) is 4. The number of hydrogen-bond acceptors (Lipinski definition) is 6. The number of amides is 2. The second-order valence-corrected chi connectivity index (χ2v) is 11.5. The molecule has 198 valence electrons. The van der Waals surface area contributed by atoms with Gasteiger partial charge in [-0.1, -0.05) is 0 Å². The lowest BCUT2D eigenvalue weighted by Gasteiger charge is -2.42. The maximum Gasteiger partial charge on any atom is 0.271 e. The van der Waals surface area contributed by atoms with Gasteiger partial charge in [0.05, 0.1) is 11.8 Å². The molecule has 2 fully saturated rings. The van der Waals surface area contributed by atoms with Crippen molar-refractivity contribution in [1.82, 2.24) is 19.7 Å². The predicted octanol–water partition coefficient (Wildman–Crippen LogP) is 4.04. The molecule has 0 bridgehead atoms.